The topological polar surface area (TPSA) is 44.4 Å². The molecule has 0 radical (unpaired) electrons. The molecule has 0 saturated carbocycles. The van der Waals surface area contributed by atoms with Crippen molar-refractivity contribution in [2.45, 2.75) is 19.1 Å². The zero-order chi connectivity index (χ0) is 14.7. The molecule has 3 rings (SSSR count). The molecule has 0 fully saturated rings. The van der Waals surface area contributed by atoms with Crippen LogP contribution >= 0.6 is 11.3 Å². The number of nitrogens with one attached hydrogen (secondary N) is 2. The van der Waals surface area contributed by atoms with Crippen molar-refractivity contribution in [2.24, 2.45) is 0 Å². The monoisotopic (exact) mass is 301 g/mol. The van der Waals surface area contributed by atoms with Crippen LogP contribution in [0.25, 0.3) is 0 Å². The van der Waals surface area contributed by atoms with Gasteiger partial charge in [0, 0.05) is 19.6 Å². The van der Waals surface area contributed by atoms with Crippen molar-refractivity contribution in [3.63, 3.8) is 0 Å². The second-order valence-electron chi connectivity index (χ2n) is 5.21. The summed E-state index contributed by atoms with van der Waals surface area (Å²) < 4.78 is 0. The minimum atomic E-state index is 0.00156. The van der Waals surface area contributed by atoms with E-state index in [9.17, 15) is 4.79 Å². The second-order valence-corrected chi connectivity index (χ2v) is 5.99. The molecule has 2 N–H and O–H groups in total. The molecule has 110 valence electrons. The SMILES string of the molecule is CNC(CNC(=O)N1Cc2ccccc2C1)c1ccsc1. The summed E-state index contributed by atoms with van der Waals surface area (Å²) in [7, 11) is 1.92. The lowest BCUT2D eigenvalue weighted by molar-refractivity contribution is 0.197. The van der Waals surface area contributed by atoms with Crippen LogP contribution in [0.5, 0.6) is 0 Å². The van der Waals surface area contributed by atoms with Gasteiger partial charge >= 0.3 is 6.03 Å². The maximum atomic E-state index is 12.3. The van der Waals surface area contributed by atoms with Crippen molar-refractivity contribution < 1.29 is 4.79 Å². The molecule has 1 atom stereocenters. The largest absolute Gasteiger partial charge is 0.336 e. The quantitative estimate of drug-likeness (QED) is 0.912. The van der Waals surface area contributed by atoms with Gasteiger partial charge in [-0.1, -0.05) is 24.3 Å². The van der Waals surface area contributed by atoms with Crippen molar-refractivity contribution in [2.75, 3.05) is 13.6 Å². The smallest absolute Gasteiger partial charge is 0.318 e. The van der Waals surface area contributed by atoms with E-state index in [-0.39, 0.29) is 12.1 Å². The Balaban J connectivity index is 1.56. The van der Waals surface area contributed by atoms with Crippen molar-refractivity contribution in [1.29, 1.82) is 0 Å². The van der Waals surface area contributed by atoms with E-state index in [1.165, 1.54) is 16.7 Å². The Labute approximate surface area is 128 Å². The summed E-state index contributed by atoms with van der Waals surface area (Å²) in [6, 6.07) is 10.5. The molecule has 21 heavy (non-hydrogen) atoms. The summed E-state index contributed by atoms with van der Waals surface area (Å²) >= 11 is 1.67. The lowest BCUT2D eigenvalue weighted by atomic mass is 10.1. The van der Waals surface area contributed by atoms with Crippen molar-refractivity contribution in [3.05, 3.63) is 57.8 Å². The molecule has 1 aromatic heterocycles. The number of nitrogens with zero attached hydrogens (tertiary/aromatic N) is 1. The van der Waals surface area contributed by atoms with Gasteiger partial charge in [-0.3, -0.25) is 0 Å². The number of urea groups is 1. The molecule has 0 bridgehead atoms. The standard InChI is InChI=1S/C16H19N3OS/c1-17-15(14-6-7-21-11-14)8-18-16(20)19-9-12-4-2-3-5-13(12)10-19/h2-7,11,15,17H,8-10H2,1H3,(H,18,20). The van der Waals surface area contributed by atoms with Gasteiger partial charge in [0.1, 0.15) is 0 Å². The Bertz CT molecular complexity index is 587. The van der Waals surface area contributed by atoms with Gasteiger partial charge in [-0.15, -0.1) is 0 Å². The molecule has 1 unspecified atom stereocenters. The van der Waals surface area contributed by atoms with Crippen LogP contribution in [0.1, 0.15) is 22.7 Å². The lowest BCUT2D eigenvalue weighted by Gasteiger charge is -2.20. The number of fused-ring (bicyclic) bond motifs is 1. The Morgan fingerprint density at radius 2 is 2.00 bits per heavy atom. The summed E-state index contributed by atoms with van der Waals surface area (Å²) in [5.41, 5.74) is 3.71. The van der Waals surface area contributed by atoms with E-state index >= 15 is 0 Å². The number of carbonyl (C=O) groups is 1. The predicted octanol–water partition coefficient (Wildman–Crippen LogP) is 2.73. The molecule has 1 aliphatic rings. The maximum absolute atomic E-state index is 12.3. The first kappa shape index (κ1) is 14.1. The normalized spacial score (nSPS) is 14.8. The minimum absolute atomic E-state index is 0.00156. The van der Waals surface area contributed by atoms with Crippen LogP contribution in [0, 0.1) is 0 Å². The Morgan fingerprint density at radius 3 is 2.57 bits per heavy atom. The second kappa shape index (κ2) is 6.28. The minimum Gasteiger partial charge on any atom is -0.336 e. The number of benzene rings is 1. The van der Waals surface area contributed by atoms with Gasteiger partial charge in [0.15, 0.2) is 0 Å². The number of likely N-dealkylation sites (N-methyl/N-ethyl adjacent to an activating group) is 1. The number of thiophene rings is 1. The fourth-order valence-electron chi connectivity index (χ4n) is 2.64. The highest BCUT2D eigenvalue weighted by Gasteiger charge is 2.23. The first-order valence-electron chi connectivity index (χ1n) is 7.07. The average molecular weight is 301 g/mol. The molecule has 2 heterocycles. The van der Waals surface area contributed by atoms with E-state index in [1.807, 2.05) is 24.1 Å². The molecule has 4 nitrogen and oxygen atoms in total. The molecule has 2 amide bonds. The van der Waals surface area contributed by atoms with E-state index < -0.39 is 0 Å². The number of carbonyl (C=O) groups excluding carboxylic acids is 1. The van der Waals surface area contributed by atoms with Gasteiger partial charge in [0.2, 0.25) is 0 Å². The molecular weight excluding hydrogens is 282 g/mol. The zero-order valence-corrected chi connectivity index (χ0v) is 12.8. The Morgan fingerprint density at radius 1 is 1.29 bits per heavy atom. The van der Waals surface area contributed by atoms with Crippen LogP contribution in [-0.2, 0) is 13.1 Å². The molecule has 5 heteroatoms. The number of amides is 2. The molecule has 2 aromatic rings. The zero-order valence-electron chi connectivity index (χ0n) is 12.0. The van der Waals surface area contributed by atoms with Gasteiger partial charge in [-0.05, 0) is 40.6 Å². The first-order chi connectivity index (χ1) is 10.3. The van der Waals surface area contributed by atoms with Gasteiger partial charge in [0.05, 0.1) is 6.04 Å². The molecule has 0 aliphatic carbocycles. The van der Waals surface area contributed by atoms with E-state index in [0.717, 1.165) is 0 Å². The van der Waals surface area contributed by atoms with Gasteiger partial charge in [-0.25, -0.2) is 4.79 Å². The highest BCUT2D eigenvalue weighted by molar-refractivity contribution is 7.07. The number of hydrogen-bond donors (Lipinski definition) is 2. The number of rotatable bonds is 4. The van der Waals surface area contributed by atoms with Crippen LogP contribution in [0.3, 0.4) is 0 Å². The van der Waals surface area contributed by atoms with E-state index in [1.54, 1.807) is 11.3 Å². The third-order valence-corrected chi connectivity index (χ3v) is 4.58. The third-order valence-electron chi connectivity index (χ3n) is 3.88. The highest BCUT2D eigenvalue weighted by Crippen LogP contribution is 2.22. The van der Waals surface area contributed by atoms with Crippen molar-refractivity contribution in [1.82, 2.24) is 15.5 Å². The predicted molar refractivity (Wildman–Crippen MR) is 85.2 cm³/mol. The fourth-order valence-corrected chi connectivity index (χ4v) is 3.35. The van der Waals surface area contributed by atoms with Crippen LogP contribution < -0.4 is 10.6 Å². The van der Waals surface area contributed by atoms with Crippen LogP contribution in [0.15, 0.2) is 41.1 Å². The van der Waals surface area contributed by atoms with Crippen LogP contribution in [0.2, 0.25) is 0 Å². The summed E-state index contributed by atoms with van der Waals surface area (Å²) in [6.45, 7) is 1.99. The molecular formula is C16H19N3OS. The average Bonchev–Trinajstić information content (AvgIpc) is 3.16. The summed E-state index contributed by atoms with van der Waals surface area (Å²) in [4.78, 5) is 14.1. The Hall–Kier alpha value is -1.85. The van der Waals surface area contributed by atoms with Crippen LogP contribution in [-0.4, -0.2) is 24.5 Å². The fraction of sp³-hybridized carbons (Fsp3) is 0.312. The summed E-state index contributed by atoms with van der Waals surface area (Å²) in [6.07, 6.45) is 0. The summed E-state index contributed by atoms with van der Waals surface area (Å²) in [5, 5.41) is 10.4. The molecule has 1 aromatic carbocycles. The Kier molecular flexibility index (Phi) is 4.22. The van der Waals surface area contributed by atoms with Crippen molar-refractivity contribution in [3.8, 4) is 0 Å². The lowest BCUT2D eigenvalue weighted by Crippen LogP contribution is -2.40. The van der Waals surface area contributed by atoms with Crippen LogP contribution in [0.4, 0.5) is 4.79 Å². The molecule has 0 spiro atoms. The van der Waals surface area contributed by atoms with E-state index in [0.29, 0.717) is 19.6 Å². The van der Waals surface area contributed by atoms with Gasteiger partial charge in [0.25, 0.3) is 0 Å². The maximum Gasteiger partial charge on any atom is 0.318 e. The van der Waals surface area contributed by atoms with Crippen molar-refractivity contribution >= 4 is 17.4 Å². The van der Waals surface area contributed by atoms with E-state index in [4.69, 9.17) is 0 Å². The number of hydrogen-bond acceptors (Lipinski definition) is 3. The van der Waals surface area contributed by atoms with E-state index in [2.05, 4.69) is 39.6 Å². The first-order valence-corrected chi connectivity index (χ1v) is 8.01. The highest BCUT2D eigenvalue weighted by atomic mass is 32.1. The molecule has 0 saturated heterocycles. The summed E-state index contributed by atoms with van der Waals surface area (Å²) in [5.74, 6) is 0. The third kappa shape index (κ3) is 3.09. The molecule has 1 aliphatic heterocycles. The van der Waals surface area contributed by atoms with Gasteiger partial charge in [-0.2, -0.15) is 11.3 Å². The van der Waals surface area contributed by atoms with Gasteiger partial charge < -0.3 is 15.5 Å².